The minimum absolute atomic E-state index is 0.0404. The molecule has 1 aromatic heterocycles. The lowest BCUT2D eigenvalue weighted by molar-refractivity contribution is 0.490. The summed E-state index contributed by atoms with van der Waals surface area (Å²) in [5, 5.41) is 8.98. The summed E-state index contributed by atoms with van der Waals surface area (Å²) in [7, 11) is 0. The Bertz CT molecular complexity index is 711. The Morgan fingerprint density at radius 2 is 1.84 bits per heavy atom. The van der Waals surface area contributed by atoms with Crippen molar-refractivity contribution in [2.45, 2.75) is 13.8 Å². The molecular formula is C13H10F3N3. The minimum Gasteiger partial charge on any atom is -0.384 e. The zero-order valence-corrected chi connectivity index (χ0v) is 10.3. The van der Waals surface area contributed by atoms with Crippen molar-refractivity contribution < 1.29 is 13.2 Å². The molecule has 1 heterocycles. The summed E-state index contributed by atoms with van der Waals surface area (Å²) in [6.07, 6.45) is 0. The fourth-order valence-electron chi connectivity index (χ4n) is 1.99. The van der Waals surface area contributed by atoms with Crippen LogP contribution in [0.1, 0.15) is 16.8 Å². The van der Waals surface area contributed by atoms with Crippen molar-refractivity contribution in [1.29, 1.82) is 5.26 Å². The average Bonchev–Trinajstić information content (AvgIpc) is 2.55. The number of anilines is 1. The van der Waals surface area contributed by atoms with Gasteiger partial charge in [0.05, 0.1) is 11.3 Å². The van der Waals surface area contributed by atoms with Gasteiger partial charge >= 0.3 is 0 Å². The number of nitrogen functional groups attached to an aromatic ring is 1. The van der Waals surface area contributed by atoms with E-state index >= 15 is 0 Å². The van der Waals surface area contributed by atoms with Gasteiger partial charge in [-0.2, -0.15) is 5.26 Å². The summed E-state index contributed by atoms with van der Waals surface area (Å²) in [5.41, 5.74) is 6.57. The molecule has 0 atom stereocenters. The van der Waals surface area contributed by atoms with Crippen LogP contribution in [0.2, 0.25) is 0 Å². The molecule has 98 valence electrons. The smallest absolute Gasteiger partial charge is 0.183 e. The first kappa shape index (κ1) is 13.0. The monoisotopic (exact) mass is 265 g/mol. The van der Waals surface area contributed by atoms with E-state index in [1.54, 1.807) is 13.8 Å². The molecule has 1 aromatic carbocycles. The van der Waals surface area contributed by atoms with Gasteiger partial charge in [0.25, 0.3) is 0 Å². The van der Waals surface area contributed by atoms with Crippen molar-refractivity contribution in [1.82, 2.24) is 4.57 Å². The van der Waals surface area contributed by atoms with Crippen molar-refractivity contribution >= 4 is 5.82 Å². The van der Waals surface area contributed by atoms with Crippen molar-refractivity contribution in [3.05, 3.63) is 46.4 Å². The highest BCUT2D eigenvalue weighted by Crippen LogP contribution is 2.29. The van der Waals surface area contributed by atoms with Crippen LogP contribution in [-0.4, -0.2) is 4.57 Å². The van der Waals surface area contributed by atoms with Gasteiger partial charge in [0.2, 0.25) is 0 Å². The lowest BCUT2D eigenvalue weighted by atomic mass is 10.2. The van der Waals surface area contributed by atoms with Crippen molar-refractivity contribution in [2.24, 2.45) is 0 Å². The fraction of sp³-hybridized carbons (Fsp3) is 0.154. The third kappa shape index (κ3) is 1.83. The van der Waals surface area contributed by atoms with Gasteiger partial charge in [0, 0.05) is 17.8 Å². The summed E-state index contributed by atoms with van der Waals surface area (Å²) in [5.74, 6) is -3.48. The molecule has 0 aliphatic heterocycles. The van der Waals surface area contributed by atoms with Gasteiger partial charge in [-0.15, -0.1) is 0 Å². The third-order valence-corrected chi connectivity index (χ3v) is 3.08. The molecule has 2 N–H and O–H groups in total. The average molecular weight is 265 g/mol. The standard InChI is InChI=1S/C13H10F3N3/c1-6-7(2)19(13(18)9(6)5-17)11-4-8(14)3-10(15)12(11)16/h3-4H,18H2,1-2H3. The van der Waals surface area contributed by atoms with Crippen LogP contribution in [-0.2, 0) is 0 Å². The van der Waals surface area contributed by atoms with E-state index in [0.29, 0.717) is 17.3 Å². The first-order valence-corrected chi connectivity index (χ1v) is 5.40. The molecule has 2 aromatic rings. The summed E-state index contributed by atoms with van der Waals surface area (Å²) >= 11 is 0. The minimum atomic E-state index is -1.31. The van der Waals surface area contributed by atoms with Gasteiger partial charge in [-0.25, -0.2) is 13.2 Å². The van der Waals surface area contributed by atoms with Crippen LogP contribution in [0, 0.1) is 42.6 Å². The van der Waals surface area contributed by atoms with Crippen LogP contribution in [0.3, 0.4) is 0 Å². The molecule has 0 fully saturated rings. The molecule has 19 heavy (non-hydrogen) atoms. The topological polar surface area (TPSA) is 54.7 Å². The highest BCUT2D eigenvalue weighted by Gasteiger charge is 2.21. The number of nitrogens with two attached hydrogens (primary N) is 1. The summed E-state index contributed by atoms with van der Waals surface area (Å²) in [6, 6.07) is 3.17. The van der Waals surface area contributed by atoms with Gasteiger partial charge in [0.15, 0.2) is 11.6 Å². The van der Waals surface area contributed by atoms with Gasteiger partial charge < -0.3 is 5.73 Å². The van der Waals surface area contributed by atoms with Gasteiger partial charge in [0.1, 0.15) is 17.7 Å². The first-order chi connectivity index (χ1) is 8.88. The zero-order valence-electron chi connectivity index (χ0n) is 10.3. The van der Waals surface area contributed by atoms with E-state index in [9.17, 15) is 13.2 Å². The number of benzene rings is 1. The number of hydrogen-bond donors (Lipinski definition) is 1. The normalized spacial score (nSPS) is 10.5. The molecule has 0 aliphatic carbocycles. The number of nitrogens with zero attached hydrogens (tertiary/aromatic N) is 2. The highest BCUT2D eigenvalue weighted by atomic mass is 19.2. The maximum absolute atomic E-state index is 13.8. The van der Waals surface area contributed by atoms with Crippen molar-refractivity contribution in [2.75, 3.05) is 5.73 Å². The lowest BCUT2D eigenvalue weighted by Crippen LogP contribution is -2.07. The zero-order chi connectivity index (χ0) is 14.3. The maximum Gasteiger partial charge on any atom is 0.183 e. The highest BCUT2D eigenvalue weighted by molar-refractivity contribution is 5.62. The Morgan fingerprint density at radius 3 is 2.37 bits per heavy atom. The first-order valence-electron chi connectivity index (χ1n) is 5.40. The molecule has 0 saturated carbocycles. The SMILES string of the molecule is Cc1c(C#N)c(N)n(-c2cc(F)cc(F)c2F)c1C. The quantitative estimate of drug-likeness (QED) is 0.806. The van der Waals surface area contributed by atoms with Gasteiger partial charge in [-0.05, 0) is 19.4 Å². The van der Waals surface area contributed by atoms with Crippen LogP contribution in [0.4, 0.5) is 19.0 Å². The predicted molar refractivity (Wildman–Crippen MR) is 64.2 cm³/mol. The molecule has 0 bridgehead atoms. The second-order valence-corrected chi connectivity index (χ2v) is 4.14. The second kappa shape index (κ2) is 4.35. The third-order valence-electron chi connectivity index (χ3n) is 3.08. The molecule has 2 rings (SSSR count). The molecule has 3 nitrogen and oxygen atoms in total. The number of nitriles is 1. The lowest BCUT2D eigenvalue weighted by Gasteiger charge is -2.11. The molecule has 0 amide bonds. The van der Waals surface area contributed by atoms with Crippen LogP contribution >= 0.6 is 0 Å². The molecule has 0 saturated heterocycles. The molecule has 0 spiro atoms. The van der Waals surface area contributed by atoms with Crippen LogP contribution in [0.25, 0.3) is 5.69 Å². The molecule has 6 heteroatoms. The fourth-order valence-corrected chi connectivity index (χ4v) is 1.99. The molecule has 0 aliphatic rings. The van der Waals surface area contributed by atoms with Crippen molar-refractivity contribution in [3.8, 4) is 11.8 Å². The molecule has 0 radical (unpaired) electrons. The van der Waals surface area contributed by atoms with E-state index < -0.39 is 17.5 Å². The Labute approximate surface area is 107 Å². The van der Waals surface area contributed by atoms with Crippen LogP contribution < -0.4 is 5.73 Å². The van der Waals surface area contributed by atoms with Crippen LogP contribution in [0.15, 0.2) is 12.1 Å². The van der Waals surface area contributed by atoms with E-state index in [1.165, 1.54) is 0 Å². The largest absolute Gasteiger partial charge is 0.384 e. The van der Waals surface area contributed by atoms with Gasteiger partial charge in [-0.3, -0.25) is 4.57 Å². The van der Waals surface area contributed by atoms with E-state index in [0.717, 1.165) is 10.6 Å². The number of rotatable bonds is 1. The number of halogens is 3. The van der Waals surface area contributed by atoms with E-state index in [-0.39, 0.29) is 17.1 Å². The van der Waals surface area contributed by atoms with E-state index in [2.05, 4.69) is 0 Å². The summed E-state index contributed by atoms with van der Waals surface area (Å²) in [6.45, 7) is 3.23. The Morgan fingerprint density at radius 1 is 1.21 bits per heavy atom. The Hall–Kier alpha value is -2.42. The maximum atomic E-state index is 13.8. The van der Waals surface area contributed by atoms with Crippen LogP contribution in [0.5, 0.6) is 0 Å². The molecular weight excluding hydrogens is 255 g/mol. The Kier molecular flexibility index (Phi) is 2.98. The summed E-state index contributed by atoms with van der Waals surface area (Å²) < 4.78 is 41.4. The Balaban J connectivity index is 2.85. The molecule has 0 unspecified atom stereocenters. The van der Waals surface area contributed by atoms with E-state index in [1.807, 2.05) is 6.07 Å². The predicted octanol–water partition coefficient (Wildman–Crippen LogP) is 2.97. The number of hydrogen-bond acceptors (Lipinski definition) is 2. The second-order valence-electron chi connectivity index (χ2n) is 4.14. The number of aromatic nitrogens is 1. The van der Waals surface area contributed by atoms with Crippen molar-refractivity contribution in [3.63, 3.8) is 0 Å². The van der Waals surface area contributed by atoms with E-state index in [4.69, 9.17) is 11.0 Å². The van der Waals surface area contributed by atoms with Gasteiger partial charge in [-0.1, -0.05) is 0 Å². The summed E-state index contributed by atoms with van der Waals surface area (Å²) in [4.78, 5) is 0.